The zero-order chi connectivity index (χ0) is 13.9. The molecule has 0 saturated carbocycles. The van der Waals surface area contributed by atoms with Crippen LogP contribution in [0.25, 0.3) is 0 Å². The van der Waals surface area contributed by atoms with E-state index in [-0.39, 0.29) is 0 Å². The molecule has 2 heterocycles. The average molecular weight is 338 g/mol. The van der Waals surface area contributed by atoms with Gasteiger partial charge in [0.15, 0.2) is 0 Å². The lowest BCUT2D eigenvalue weighted by Gasteiger charge is -2.24. The van der Waals surface area contributed by atoms with E-state index in [0.29, 0.717) is 6.54 Å². The fourth-order valence-corrected chi connectivity index (χ4v) is 4.00. The van der Waals surface area contributed by atoms with Crippen LogP contribution in [0.3, 0.4) is 0 Å². The summed E-state index contributed by atoms with van der Waals surface area (Å²) in [4.78, 5) is 5.28. The zero-order valence-corrected chi connectivity index (χ0v) is 13.6. The van der Waals surface area contributed by atoms with Crippen LogP contribution >= 0.6 is 15.9 Å². The number of hydrogen-bond donors (Lipinski definition) is 1. The van der Waals surface area contributed by atoms with E-state index in [4.69, 9.17) is 5.73 Å². The van der Waals surface area contributed by atoms with E-state index >= 15 is 0 Å². The van der Waals surface area contributed by atoms with Crippen molar-refractivity contribution in [3.05, 3.63) is 33.8 Å². The van der Waals surface area contributed by atoms with Gasteiger partial charge in [0, 0.05) is 36.7 Å². The van der Waals surface area contributed by atoms with E-state index in [9.17, 15) is 0 Å². The molecule has 3 rings (SSSR count). The minimum atomic E-state index is 0.611. The average Bonchev–Trinajstić information content (AvgIpc) is 3.11. The van der Waals surface area contributed by atoms with E-state index in [1.807, 2.05) is 0 Å². The van der Waals surface area contributed by atoms with Gasteiger partial charge in [-0.2, -0.15) is 0 Å². The molecule has 1 aromatic carbocycles. The van der Waals surface area contributed by atoms with E-state index in [0.717, 1.165) is 12.6 Å². The largest absolute Gasteiger partial charge is 0.326 e. The van der Waals surface area contributed by atoms with Gasteiger partial charge in [0.1, 0.15) is 0 Å². The molecule has 110 valence electrons. The lowest BCUT2D eigenvalue weighted by Crippen LogP contribution is -2.35. The minimum Gasteiger partial charge on any atom is -0.326 e. The van der Waals surface area contributed by atoms with Crippen LogP contribution in [0.1, 0.15) is 30.4 Å². The van der Waals surface area contributed by atoms with E-state index in [1.54, 1.807) is 0 Å². The van der Waals surface area contributed by atoms with E-state index in [2.05, 4.69) is 43.9 Å². The third-order valence-corrected chi connectivity index (χ3v) is 5.39. The standard InChI is InChI=1S/C16H24BrN3/c17-16-9-13(10-18)3-4-14(16)11-19-8-5-15(12-19)20-6-1-2-7-20/h3-4,9,15H,1-2,5-8,10-12,18H2. The van der Waals surface area contributed by atoms with Crippen molar-refractivity contribution in [2.75, 3.05) is 26.2 Å². The summed E-state index contributed by atoms with van der Waals surface area (Å²) in [5, 5.41) is 0. The Kier molecular flexibility index (Phi) is 4.76. The van der Waals surface area contributed by atoms with Crippen LogP contribution in [-0.2, 0) is 13.1 Å². The fraction of sp³-hybridized carbons (Fsp3) is 0.625. The van der Waals surface area contributed by atoms with E-state index < -0.39 is 0 Å². The number of benzene rings is 1. The number of rotatable bonds is 4. The van der Waals surface area contributed by atoms with Crippen LogP contribution in [-0.4, -0.2) is 42.0 Å². The van der Waals surface area contributed by atoms with Gasteiger partial charge in [-0.15, -0.1) is 0 Å². The van der Waals surface area contributed by atoms with Crippen LogP contribution in [0.2, 0.25) is 0 Å². The highest BCUT2D eigenvalue weighted by Crippen LogP contribution is 2.25. The molecule has 0 radical (unpaired) electrons. The molecular formula is C16H24BrN3. The Morgan fingerprint density at radius 3 is 2.70 bits per heavy atom. The van der Waals surface area contributed by atoms with Crippen molar-refractivity contribution < 1.29 is 0 Å². The Morgan fingerprint density at radius 1 is 1.20 bits per heavy atom. The highest BCUT2D eigenvalue weighted by molar-refractivity contribution is 9.10. The van der Waals surface area contributed by atoms with E-state index in [1.165, 1.54) is 61.0 Å². The SMILES string of the molecule is NCc1ccc(CN2CCC(N3CCCC3)C2)c(Br)c1. The van der Waals surface area contributed by atoms with Gasteiger partial charge in [-0.05, 0) is 49.5 Å². The van der Waals surface area contributed by atoms with Crippen LogP contribution in [0.4, 0.5) is 0 Å². The first-order chi connectivity index (χ1) is 9.76. The Hall–Kier alpha value is -0.420. The zero-order valence-electron chi connectivity index (χ0n) is 12.0. The second kappa shape index (κ2) is 6.56. The maximum absolute atomic E-state index is 5.68. The molecule has 0 bridgehead atoms. The molecule has 1 aromatic rings. The molecule has 4 heteroatoms. The predicted octanol–water partition coefficient (Wildman–Crippen LogP) is 2.58. The molecule has 3 nitrogen and oxygen atoms in total. The number of likely N-dealkylation sites (tertiary alicyclic amines) is 2. The molecule has 2 N–H and O–H groups in total. The molecule has 0 amide bonds. The summed E-state index contributed by atoms with van der Waals surface area (Å²) < 4.78 is 1.20. The number of hydrogen-bond acceptors (Lipinski definition) is 3. The second-order valence-corrected chi connectivity index (χ2v) is 6.90. The topological polar surface area (TPSA) is 32.5 Å². The monoisotopic (exact) mass is 337 g/mol. The molecule has 2 saturated heterocycles. The summed E-state index contributed by atoms with van der Waals surface area (Å²) >= 11 is 3.68. The van der Waals surface area contributed by atoms with Crippen LogP contribution in [0, 0.1) is 0 Å². The summed E-state index contributed by atoms with van der Waals surface area (Å²) in [7, 11) is 0. The molecule has 2 aliphatic heterocycles. The van der Waals surface area contributed by atoms with Crippen LogP contribution < -0.4 is 5.73 Å². The van der Waals surface area contributed by atoms with Crippen molar-refractivity contribution in [3.63, 3.8) is 0 Å². The first-order valence-corrected chi connectivity index (χ1v) is 8.49. The Bertz CT molecular complexity index is 457. The van der Waals surface area contributed by atoms with Gasteiger partial charge in [0.05, 0.1) is 0 Å². The molecule has 0 aliphatic carbocycles. The highest BCUT2D eigenvalue weighted by Gasteiger charge is 2.29. The Labute approximate surface area is 130 Å². The van der Waals surface area contributed by atoms with Crippen LogP contribution in [0.15, 0.2) is 22.7 Å². The van der Waals surface area contributed by atoms with Crippen molar-refractivity contribution in [2.24, 2.45) is 5.73 Å². The molecule has 1 atom stereocenters. The first-order valence-electron chi connectivity index (χ1n) is 7.70. The lowest BCUT2D eigenvalue weighted by atomic mass is 10.1. The quantitative estimate of drug-likeness (QED) is 0.916. The summed E-state index contributed by atoms with van der Waals surface area (Å²) in [5.41, 5.74) is 8.25. The predicted molar refractivity (Wildman–Crippen MR) is 86.5 cm³/mol. The summed E-state index contributed by atoms with van der Waals surface area (Å²) in [6, 6.07) is 7.31. The molecular weight excluding hydrogens is 314 g/mol. The van der Waals surface area contributed by atoms with Crippen LogP contribution in [0.5, 0.6) is 0 Å². The molecule has 2 fully saturated rings. The van der Waals surface area contributed by atoms with Gasteiger partial charge >= 0.3 is 0 Å². The first kappa shape index (κ1) is 14.5. The lowest BCUT2D eigenvalue weighted by molar-refractivity contribution is 0.230. The highest BCUT2D eigenvalue weighted by atomic mass is 79.9. The van der Waals surface area contributed by atoms with Gasteiger partial charge in [0.2, 0.25) is 0 Å². The van der Waals surface area contributed by atoms with Crippen molar-refractivity contribution >= 4 is 15.9 Å². The Morgan fingerprint density at radius 2 is 2.00 bits per heavy atom. The number of halogens is 1. The Balaban J connectivity index is 1.58. The number of nitrogens with zero attached hydrogens (tertiary/aromatic N) is 2. The fourth-order valence-electron chi connectivity index (χ4n) is 3.45. The third-order valence-electron chi connectivity index (χ3n) is 4.65. The van der Waals surface area contributed by atoms with Crippen molar-refractivity contribution in [2.45, 2.75) is 38.4 Å². The minimum absolute atomic E-state index is 0.611. The molecule has 0 spiro atoms. The third kappa shape index (κ3) is 3.25. The van der Waals surface area contributed by atoms with Crippen molar-refractivity contribution in [1.29, 1.82) is 0 Å². The van der Waals surface area contributed by atoms with Gasteiger partial charge in [-0.1, -0.05) is 28.1 Å². The molecule has 2 aliphatic rings. The maximum atomic E-state index is 5.68. The van der Waals surface area contributed by atoms with Crippen molar-refractivity contribution in [3.8, 4) is 0 Å². The molecule has 20 heavy (non-hydrogen) atoms. The smallest absolute Gasteiger partial charge is 0.0245 e. The van der Waals surface area contributed by atoms with Gasteiger partial charge in [-0.25, -0.2) is 0 Å². The van der Waals surface area contributed by atoms with Gasteiger partial charge in [-0.3, -0.25) is 9.80 Å². The molecule has 0 aromatic heterocycles. The summed E-state index contributed by atoms with van der Waals surface area (Å²) in [6.45, 7) is 6.74. The summed E-state index contributed by atoms with van der Waals surface area (Å²) in [5.74, 6) is 0. The van der Waals surface area contributed by atoms with Crippen molar-refractivity contribution in [1.82, 2.24) is 9.80 Å². The number of nitrogens with two attached hydrogens (primary N) is 1. The van der Waals surface area contributed by atoms with Gasteiger partial charge in [0.25, 0.3) is 0 Å². The second-order valence-electron chi connectivity index (χ2n) is 6.05. The summed E-state index contributed by atoms with van der Waals surface area (Å²) in [6.07, 6.45) is 4.11. The maximum Gasteiger partial charge on any atom is 0.0245 e. The van der Waals surface area contributed by atoms with Gasteiger partial charge < -0.3 is 5.73 Å². The molecule has 1 unspecified atom stereocenters. The normalized spacial score (nSPS) is 24.6.